The minimum Gasteiger partial charge on any atom is -0.486 e. The summed E-state index contributed by atoms with van der Waals surface area (Å²) in [6, 6.07) is 5.51. The molecule has 1 atom stereocenters. The molecule has 1 N–H and O–H groups in total. The van der Waals surface area contributed by atoms with Gasteiger partial charge in [-0.25, -0.2) is 9.78 Å². The number of aromatic nitrogens is 1. The Morgan fingerprint density at radius 3 is 2.83 bits per heavy atom. The zero-order chi connectivity index (χ0) is 17.1. The molecule has 7 heteroatoms. The molecule has 128 valence electrons. The van der Waals surface area contributed by atoms with Gasteiger partial charge in [0.05, 0.1) is 6.04 Å². The van der Waals surface area contributed by atoms with Crippen LogP contribution < -0.4 is 14.8 Å². The van der Waals surface area contributed by atoms with Crippen LogP contribution in [0.3, 0.4) is 0 Å². The predicted molar refractivity (Wildman–Crippen MR) is 92.7 cm³/mol. The first-order valence-electron chi connectivity index (χ1n) is 7.85. The monoisotopic (exact) mass is 347 g/mol. The molecule has 0 bridgehead atoms. The van der Waals surface area contributed by atoms with E-state index in [-0.39, 0.29) is 12.1 Å². The maximum absolute atomic E-state index is 12.4. The number of fused-ring (bicyclic) bond motifs is 1. The quantitative estimate of drug-likeness (QED) is 0.923. The molecule has 2 heterocycles. The minimum atomic E-state index is -0.134. The summed E-state index contributed by atoms with van der Waals surface area (Å²) in [5, 5.41) is 5.86. The maximum Gasteiger partial charge on any atom is 0.317 e. The van der Waals surface area contributed by atoms with Crippen molar-refractivity contribution in [1.82, 2.24) is 15.2 Å². The van der Waals surface area contributed by atoms with Crippen molar-refractivity contribution in [2.75, 3.05) is 20.3 Å². The number of urea groups is 1. The summed E-state index contributed by atoms with van der Waals surface area (Å²) < 4.78 is 11.1. The fourth-order valence-electron chi connectivity index (χ4n) is 2.46. The van der Waals surface area contributed by atoms with Gasteiger partial charge in [-0.15, -0.1) is 11.3 Å². The Morgan fingerprint density at radius 1 is 1.38 bits per heavy atom. The second kappa shape index (κ2) is 7.09. The number of rotatable bonds is 4. The Balaban J connectivity index is 1.59. The van der Waals surface area contributed by atoms with Crippen LogP contribution in [0.1, 0.15) is 29.2 Å². The first-order valence-corrected chi connectivity index (χ1v) is 8.73. The lowest BCUT2D eigenvalue weighted by Gasteiger charge is -2.22. The summed E-state index contributed by atoms with van der Waals surface area (Å²) in [6.45, 7) is 5.50. The molecular weight excluding hydrogens is 326 g/mol. The highest BCUT2D eigenvalue weighted by Crippen LogP contribution is 2.31. The summed E-state index contributed by atoms with van der Waals surface area (Å²) in [5.41, 5.74) is 1.97. The van der Waals surface area contributed by atoms with E-state index in [2.05, 4.69) is 10.3 Å². The number of amides is 2. The Hall–Kier alpha value is -2.28. The number of ether oxygens (including phenoxy) is 2. The number of carbonyl (C=O) groups excluding carboxylic acids is 1. The van der Waals surface area contributed by atoms with E-state index in [9.17, 15) is 4.79 Å². The van der Waals surface area contributed by atoms with E-state index in [1.165, 1.54) is 0 Å². The van der Waals surface area contributed by atoms with Crippen LogP contribution >= 0.6 is 11.3 Å². The smallest absolute Gasteiger partial charge is 0.317 e. The maximum atomic E-state index is 12.4. The van der Waals surface area contributed by atoms with E-state index >= 15 is 0 Å². The predicted octanol–water partition coefficient (Wildman–Crippen LogP) is 3.13. The number of aryl methyl sites for hydroxylation is 1. The van der Waals surface area contributed by atoms with Crippen molar-refractivity contribution in [1.29, 1.82) is 0 Å². The van der Waals surface area contributed by atoms with Crippen LogP contribution in [-0.4, -0.2) is 36.2 Å². The number of nitrogens with zero attached hydrogens (tertiary/aromatic N) is 2. The van der Waals surface area contributed by atoms with Crippen molar-refractivity contribution in [2.24, 2.45) is 0 Å². The van der Waals surface area contributed by atoms with E-state index in [0.717, 1.165) is 27.8 Å². The standard InChI is InChI=1S/C17H21N3O3S/c1-11-10-24-16(18-11)12(2)19-17(21)20(3)9-13-4-5-14-15(8-13)23-7-6-22-14/h4-5,8,10,12H,6-7,9H2,1-3H3,(H,19,21). The zero-order valence-electron chi connectivity index (χ0n) is 14.0. The molecule has 1 aliphatic heterocycles. The van der Waals surface area contributed by atoms with E-state index in [4.69, 9.17) is 9.47 Å². The number of hydrogen-bond donors (Lipinski definition) is 1. The van der Waals surface area contributed by atoms with Gasteiger partial charge in [0.2, 0.25) is 0 Å². The number of nitrogens with one attached hydrogen (secondary N) is 1. The Morgan fingerprint density at radius 2 is 2.12 bits per heavy atom. The number of carbonyl (C=O) groups is 1. The minimum absolute atomic E-state index is 0.112. The molecule has 1 aliphatic rings. The molecule has 0 saturated heterocycles. The highest BCUT2D eigenvalue weighted by molar-refractivity contribution is 7.09. The van der Waals surface area contributed by atoms with Crippen LogP contribution in [0.4, 0.5) is 4.79 Å². The number of benzene rings is 1. The normalized spacial score (nSPS) is 14.1. The highest BCUT2D eigenvalue weighted by atomic mass is 32.1. The van der Waals surface area contributed by atoms with Gasteiger partial charge in [-0.05, 0) is 31.5 Å². The molecule has 0 spiro atoms. The fraction of sp³-hybridized carbons (Fsp3) is 0.412. The highest BCUT2D eigenvalue weighted by Gasteiger charge is 2.17. The lowest BCUT2D eigenvalue weighted by Crippen LogP contribution is -2.38. The molecular formula is C17H21N3O3S. The van der Waals surface area contributed by atoms with Crippen molar-refractivity contribution in [3.63, 3.8) is 0 Å². The topological polar surface area (TPSA) is 63.7 Å². The Bertz CT molecular complexity index is 732. The summed E-state index contributed by atoms with van der Waals surface area (Å²) in [5.74, 6) is 1.49. The van der Waals surface area contributed by atoms with Gasteiger partial charge in [0.15, 0.2) is 11.5 Å². The van der Waals surface area contributed by atoms with Crippen LogP contribution in [0, 0.1) is 6.92 Å². The Kier molecular flexibility index (Phi) is 4.89. The van der Waals surface area contributed by atoms with Crippen molar-refractivity contribution < 1.29 is 14.3 Å². The molecule has 2 amide bonds. The van der Waals surface area contributed by atoms with Crippen LogP contribution in [-0.2, 0) is 6.54 Å². The molecule has 0 radical (unpaired) electrons. The third-order valence-corrected chi connectivity index (χ3v) is 4.87. The van der Waals surface area contributed by atoms with Crippen molar-refractivity contribution >= 4 is 17.4 Å². The molecule has 1 aromatic heterocycles. The van der Waals surface area contributed by atoms with Gasteiger partial charge in [-0.2, -0.15) is 0 Å². The van der Waals surface area contributed by atoms with Crippen LogP contribution in [0.25, 0.3) is 0 Å². The molecule has 0 saturated carbocycles. The molecule has 0 fully saturated rings. The average molecular weight is 347 g/mol. The summed E-state index contributed by atoms with van der Waals surface area (Å²) in [7, 11) is 1.77. The Labute approximate surface area is 145 Å². The van der Waals surface area contributed by atoms with Crippen LogP contribution in [0.5, 0.6) is 11.5 Å². The van der Waals surface area contributed by atoms with Crippen molar-refractivity contribution in [2.45, 2.75) is 26.4 Å². The second-order valence-corrected chi connectivity index (χ2v) is 6.72. The third-order valence-electron chi connectivity index (χ3n) is 3.72. The van der Waals surface area contributed by atoms with Gasteiger partial charge in [-0.3, -0.25) is 0 Å². The van der Waals surface area contributed by atoms with E-state index in [0.29, 0.717) is 19.8 Å². The first-order chi connectivity index (χ1) is 11.5. The molecule has 1 unspecified atom stereocenters. The van der Waals surface area contributed by atoms with Gasteiger partial charge >= 0.3 is 6.03 Å². The molecule has 0 aliphatic carbocycles. The lowest BCUT2D eigenvalue weighted by molar-refractivity contribution is 0.171. The zero-order valence-corrected chi connectivity index (χ0v) is 14.9. The number of hydrogen-bond acceptors (Lipinski definition) is 5. The fourth-order valence-corrected chi connectivity index (χ4v) is 3.26. The van der Waals surface area contributed by atoms with Gasteiger partial charge < -0.3 is 19.7 Å². The molecule has 1 aromatic carbocycles. The van der Waals surface area contributed by atoms with E-state index in [1.807, 2.05) is 37.4 Å². The van der Waals surface area contributed by atoms with E-state index in [1.54, 1.807) is 23.3 Å². The van der Waals surface area contributed by atoms with Gasteiger partial charge in [0, 0.05) is 24.7 Å². The van der Waals surface area contributed by atoms with Crippen LogP contribution in [0.2, 0.25) is 0 Å². The first kappa shape index (κ1) is 16.6. The summed E-state index contributed by atoms with van der Waals surface area (Å²) >= 11 is 1.56. The number of thiazole rings is 1. The molecule has 2 aromatic rings. The summed E-state index contributed by atoms with van der Waals surface area (Å²) in [6.07, 6.45) is 0. The molecule has 6 nitrogen and oxygen atoms in total. The van der Waals surface area contributed by atoms with Crippen molar-refractivity contribution in [3.05, 3.63) is 39.8 Å². The SMILES string of the molecule is Cc1csc(C(C)NC(=O)N(C)Cc2ccc3c(c2)OCCO3)n1. The average Bonchev–Trinajstić information content (AvgIpc) is 3.01. The molecule has 3 rings (SSSR count). The third kappa shape index (κ3) is 3.79. The van der Waals surface area contributed by atoms with Crippen molar-refractivity contribution in [3.8, 4) is 11.5 Å². The van der Waals surface area contributed by atoms with Gasteiger partial charge in [0.25, 0.3) is 0 Å². The lowest BCUT2D eigenvalue weighted by atomic mass is 10.2. The van der Waals surface area contributed by atoms with Crippen LogP contribution in [0.15, 0.2) is 23.6 Å². The second-order valence-electron chi connectivity index (χ2n) is 5.83. The molecule has 24 heavy (non-hydrogen) atoms. The van der Waals surface area contributed by atoms with E-state index < -0.39 is 0 Å². The van der Waals surface area contributed by atoms with Gasteiger partial charge in [0.1, 0.15) is 18.2 Å². The largest absolute Gasteiger partial charge is 0.486 e. The van der Waals surface area contributed by atoms with Gasteiger partial charge in [-0.1, -0.05) is 6.07 Å². The summed E-state index contributed by atoms with van der Waals surface area (Å²) in [4.78, 5) is 18.4.